The average Bonchev–Trinajstić information content (AvgIpc) is 2.81. The van der Waals surface area contributed by atoms with Crippen molar-refractivity contribution in [2.75, 3.05) is 18.0 Å². The van der Waals surface area contributed by atoms with Gasteiger partial charge in [-0.05, 0) is 31.5 Å². The lowest BCUT2D eigenvalue weighted by Crippen LogP contribution is -2.37. The van der Waals surface area contributed by atoms with Crippen molar-refractivity contribution < 1.29 is 18.0 Å². The minimum absolute atomic E-state index is 0.332. The van der Waals surface area contributed by atoms with Gasteiger partial charge in [-0.25, -0.2) is 0 Å². The highest BCUT2D eigenvalue weighted by atomic mass is 19.4. The number of rotatable bonds is 2. The Morgan fingerprint density at radius 1 is 1.48 bits per heavy atom. The monoisotopic (exact) mass is 297 g/mol. The molecule has 0 saturated carbocycles. The molecule has 1 aliphatic heterocycles. The number of anilines is 1. The van der Waals surface area contributed by atoms with Crippen LogP contribution in [0.3, 0.4) is 0 Å². The van der Waals surface area contributed by atoms with Crippen LogP contribution in [0.2, 0.25) is 0 Å². The van der Waals surface area contributed by atoms with Gasteiger partial charge in [0.15, 0.2) is 0 Å². The number of nitrogens with two attached hydrogens (primary N) is 1. The van der Waals surface area contributed by atoms with E-state index in [-0.39, 0.29) is 0 Å². The number of nitriles is 1. The second-order valence-corrected chi connectivity index (χ2v) is 5.44. The average molecular weight is 297 g/mol. The minimum Gasteiger partial charge on any atom is -0.370 e. The first-order valence-corrected chi connectivity index (χ1v) is 6.33. The van der Waals surface area contributed by atoms with Gasteiger partial charge in [0.05, 0.1) is 22.6 Å². The Balaban J connectivity index is 2.32. The number of hydrogen-bond acceptors (Lipinski definition) is 3. The lowest BCUT2D eigenvalue weighted by molar-refractivity contribution is -0.137. The Hall–Kier alpha value is -2.23. The highest BCUT2D eigenvalue weighted by Gasteiger charge is 2.39. The third-order valence-electron chi connectivity index (χ3n) is 3.86. The van der Waals surface area contributed by atoms with E-state index in [9.17, 15) is 18.0 Å². The molecule has 112 valence electrons. The fraction of sp³-hybridized carbons (Fsp3) is 0.429. The molecule has 0 aromatic heterocycles. The van der Waals surface area contributed by atoms with Crippen LogP contribution < -0.4 is 10.6 Å². The second kappa shape index (κ2) is 4.95. The molecule has 4 nitrogen and oxygen atoms in total. The largest absolute Gasteiger partial charge is 0.417 e. The van der Waals surface area contributed by atoms with Gasteiger partial charge >= 0.3 is 6.18 Å². The van der Waals surface area contributed by atoms with Crippen molar-refractivity contribution in [1.29, 1.82) is 5.26 Å². The standard InChI is InChI=1S/C14H14F3N3O/c1-13(12(19)21)4-5-20(8-13)10-2-3-11(14(15,16)17)9(6-10)7-18/h2-3,6H,4-5,8H2,1H3,(H2,19,21). The number of primary amides is 1. The summed E-state index contributed by atoms with van der Waals surface area (Å²) < 4.78 is 38.2. The first-order chi connectivity index (χ1) is 9.67. The van der Waals surface area contributed by atoms with Crippen molar-refractivity contribution in [3.05, 3.63) is 29.3 Å². The van der Waals surface area contributed by atoms with Crippen LogP contribution in [0.1, 0.15) is 24.5 Å². The number of alkyl halides is 3. The molecule has 0 radical (unpaired) electrons. The molecule has 1 heterocycles. The minimum atomic E-state index is -4.56. The first kappa shape index (κ1) is 15.2. The van der Waals surface area contributed by atoms with E-state index >= 15 is 0 Å². The van der Waals surface area contributed by atoms with Crippen LogP contribution >= 0.6 is 0 Å². The Labute approximate surface area is 119 Å². The maximum atomic E-state index is 12.7. The molecule has 1 aromatic carbocycles. The zero-order valence-electron chi connectivity index (χ0n) is 11.4. The predicted octanol–water partition coefficient (Wildman–Crippen LogP) is 2.28. The van der Waals surface area contributed by atoms with Crippen molar-refractivity contribution in [3.63, 3.8) is 0 Å². The number of carbonyl (C=O) groups excluding carboxylic acids is 1. The van der Waals surface area contributed by atoms with Crippen molar-refractivity contribution in [1.82, 2.24) is 0 Å². The molecule has 7 heteroatoms. The van der Waals surface area contributed by atoms with Gasteiger partial charge in [0.25, 0.3) is 0 Å². The molecule has 1 fully saturated rings. The smallest absolute Gasteiger partial charge is 0.370 e. The SMILES string of the molecule is CC1(C(N)=O)CCN(c2ccc(C(F)(F)F)c(C#N)c2)C1. The van der Waals surface area contributed by atoms with E-state index in [0.29, 0.717) is 25.2 Å². The Kier molecular flexibility index (Phi) is 3.58. The molecule has 2 rings (SSSR count). The zero-order valence-corrected chi connectivity index (χ0v) is 11.4. The quantitative estimate of drug-likeness (QED) is 0.910. The molecule has 1 amide bonds. The molecule has 0 spiro atoms. The van der Waals surface area contributed by atoms with Crippen LogP contribution in [0.4, 0.5) is 18.9 Å². The van der Waals surface area contributed by atoms with Gasteiger partial charge in [-0.15, -0.1) is 0 Å². The van der Waals surface area contributed by atoms with Gasteiger partial charge in [-0.2, -0.15) is 18.4 Å². The van der Waals surface area contributed by atoms with Crippen molar-refractivity contribution >= 4 is 11.6 Å². The van der Waals surface area contributed by atoms with Crippen molar-refractivity contribution in [2.24, 2.45) is 11.1 Å². The van der Waals surface area contributed by atoms with E-state index in [1.807, 2.05) is 0 Å². The summed E-state index contributed by atoms with van der Waals surface area (Å²) in [6.07, 6.45) is -4.03. The summed E-state index contributed by atoms with van der Waals surface area (Å²) in [6, 6.07) is 4.99. The number of carbonyl (C=O) groups is 1. The molecule has 1 aromatic rings. The maximum absolute atomic E-state index is 12.7. The highest BCUT2D eigenvalue weighted by molar-refractivity contribution is 5.82. The summed E-state index contributed by atoms with van der Waals surface area (Å²) in [5.41, 5.74) is 3.76. The van der Waals surface area contributed by atoms with E-state index in [1.54, 1.807) is 17.9 Å². The Bertz CT molecular complexity index is 621. The fourth-order valence-electron chi connectivity index (χ4n) is 2.45. The predicted molar refractivity (Wildman–Crippen MR) is 70.3 cm³/mol. The maximum Gasteiger partial charge on any atom is 0.417 e. The van der Waals surface area contributed by atoms with E-state index in [0.717, 1.165) is 6.07 Å². The number of amides is 1. The normalized spacial score (nSPS) is 22.1. The fourth-order valence-corrected chi connectivity index (χ4v) is 2.45. The zero-order chi connectivity index (χ0) is 15.8. The highest BCUT2D eigenvalue weighted by Crippen LogP contribution is 2.37. The summed E-state index contributed by atoms with van der Waals surface area (Å²) >= 11 is 0. The molecule has 1 unspecified atom stereocenters. The molecule has 2 N–H and O–H groups in total. The third-order valence-corrected chi connectivity index (χ3v) is 3.86. The van der Waals surface area contributed by atoms with E-state index < -0.39 is 28.6 Å². The molecule has 1 aliphatic rings. The van der Waals surface area contributed by atoms with Gasteiger partial charge in [0.2, 0.25) is 5.91 Å². The van der Waals surface area contributed by atoms with Gasteiger partial charge in [-0.1, -0.05) is 0 Å². The van der Waals surface area contributed by atoms with Gasteiger partial charge < -0.3 is 10.6 Å². The molecule has 1 atom stereocenters. The van der Waals surface area contributed by atoms with Gasteiger partial charge in [0.1, 0.15) is 0 Å². The summed E-state index contributed by atoms with van der Waals surface area (Å²) in [5, 5.41) is 8.90. The molecule has 0 aliphatic carbocycles. The Morgan fingerprint density at radius 2 is 2.14 bits per heavy atom. The van der Waals surface area contributed by atoms with Gasteiger partial charge in [0, 0.05) is 18.8 Å². The molecular formula is C14H14F3N3O. The molecule has 21 heavy (non-hydrogen) atoms. The molecule has 0 bridgehead atoms. The number of nitrogens with zero attached hydrogens (tertiary/aromatic N) is 2. The van der Waals surface area contributed by atoms with Crippen molar-refractivity contribution in [2.45, 2.75) is 19.5 Å². The number of benzene rings is 1. The van der Waals surface area contributed by atoms with Crippen LogP contribution in [0, 0.1) is 16.7 Å². The van der Waals surface area contributed by atoms with Gasteiger partial charge in [-0.3, -0.25) is 4.79 Å². The first-order valence-electron chi connectivity index (χ1n) is 6.33. The lowest BCUT2D eigenvalue weighted by atomic mass is 9.89. The van der Waals surface area contributed by atoms with Crippen LogP contribution in [-0.4, -0.2) is 19.0 Å². The van der Waals surface area contributed by atoms with E-state index in [2.05, 4.69) is 0 Å². The second-order valence-electron chi connectivity index (χ2n) is 5.44. The summed E-state index contributed by atoms with van der Waals surface area (Å²) in [4.78, 5) is 13.2. The summed E-state index contributed by atoms with van der Waals surface area (Å²) in [5.74, 6) is -0.433. The molecular weight excluding hydrogens is 283 g/mol. The van der Waals surface area contributed by atoms with Crippen LogP contribution in [0.5, 0.6) is 0 Å². The third kappa shape index (κ3) is 2.79. The molecule has 1 saturated heterocycles. The lowest BCUT2D eigenvalue weighted by Gasteiger charge is -2.23. The van der Waals surface area contributed by atoms with E-state index in [1.165, 1.54) is 12.1 Å². The number of halogens is 3. The topological polar surface area (TPSA) is 70.1 Å². The van der Waals surface area contributed by atoms with Crippen LogP contribution in [-0.2, 0) is 11.0 Å². The van der Waals surface area contributed by atoms with Crippen LogP contribution in [0.15, 0.2) is 18.2 Å². The van der Waals surface area contributed by atoms with Crippen molar-refractivity contribution in [3.8, 4) is 6.07 Å². The van der Waals surface area contributed by atoms with Crippen LogP contribution in [0.25, 0.3) is 0 Å². The van der Waals surface area contributed by atoms with E-state index in [4.69, 9.17) is 11.0 Å². The summed E-state index contributed by atoms with van der Waals surface area (Å²) in [6.45, 7) is 2.57. The Morgan fingerprint density at radius 3 is 2.62 bits per heavy atom. The number of hydrogen-bond donors (Lipinski definition) is 1. The summed E-state index contributed by atoms with van der Waals surface area (Å²) in [7, 11) is 0.